The second-order valence-corrected chi connectivity index (χ2v) is 4.91. The van der Waals surface area contributed by atoms with Gasteiger partial charge >= 0.3 is 0 Å². The fourth-order valence-electron chi connectivity index (χ4n) is 2.75. The smallest absolute Gasteiger partial charge is 0.0552 e. The van der Waals surface area contributed by atoms with Crippen molar-refractivity contribution < 1.29 is 0 Å². The molecule has 18 heavy (non-hydrogen) atoms. The molecular formula is C16H18N2. The van der Waals surface area contributed by atoms with E-state index >= 15 is 0 Å². The maximum absolute atomic E-state index is 4.22. The maximum atomic E-state index is 4.22. The van der Waals surface area contributed by atoms with Crippen LogP contribution in [0.15, 0.2) is 54.9 Å². The highest BCUT2D eigenvalue weighted by atomic mass is 15.1. The highest BCUT2D eigenvalue weighted by molar-refractivity contribution is 5.45. The lowest BCUT2D eigenvalue weighted by Crippen LogP contribution is -2.34. The van der Waals surface area contributed by atoms with Gasteiger partial charge in [-0.25, -0.2) is 0 Å². The molecular weight excluding hydrogens is 220 g/mol. The molecule has 2 nitrogen and oxygen atoms in total. The first-order chi connectivity index (χ1) is 8.93. The topological polar surface area (TPSA) is 16.1 Å². The van der Waals surface area contributed by atoms with Gasteiger partial charge in [-0.05, 0) is 30.5 Å². The lowest BCUT2D eigenvalue weighted by Gasteiger charge is -2.34. The largest absolute Gasteiger partial charge is 0.370 e. The summed E-state index contributed by atoms with van der Waals surface area (Å²) in [6.45, 7) is 2.25. The summed E-state index contributed by atoms with van der Waals surface area (Å²) in [6.07, 6.45) is 6.35. The minimum absolute atomic E-state index is 0.653. The highest BCUT2D eigenvalue weighted by Gasteiger charge is 2.21. The summed E-state index contributed by atoms with van der Waals surface area (Å²) < 4.78 is 0. The highest BCUT2D eigenvalue weighted by Crippen LogP contribution is 2.29. The first-order valence-electron chi connectivity index (χ1n) is 6.63. The Bertz CT molecular complexity index is 435. The van der Waals surface area contributed by atoms with Gasteiger partial charge in [0.05, 0.1) is 11.9 Å². The van der Waals surface area contributed by atoms with E-state index in [1.54, 1.807) is 0 Å². The summed E-state index contributed by atoms with van der Waals surface area (Å²) in [4.78, 5) is 6.67. The molecule has 2 aromatic rings. The monoisotopic (exact) mass is 238 g/mol. The van der Waals surface area contributed by atoms with Crippen LogP contribution in [0.25, 0.3) is 0 Å². The first-order valence-corrected chi connectivity index (χ1v) is 6.63. The van der Waals surface area contributed by atoms with Crippen LogP contribution in [0.4, 0.5) is 5.69 Å². The zero-order valence-corrected chi connectivity index (χ0v) is 10.5. The zero-order chi connectivity index (χ0) is 12.2. The van der Waals surface area contributed by atoms with Crippen molar-refractivity contribution in [1.82, 2.24) is 4.98 Å². The van der Waals surface area contributed by atoms with Gasteiger partial charge in [0.1, 0.15) is 0 Å². The van der Waals surface area contributed by atoms with E-state index in [2.05, 4.69) is 46.3 Å². The number of piperidine rings is 1. The summed E-state index contributed by atoms with van der Waals surface area (Å²) in [5.74, 6) is 0.653. The summed E-state index contributed by atoms with van der Waals surface area (Å²) in [5, 5.41) is 0. The van der Waals surface area contributed by atoms with Crippen LogP contribution in [0, 0.1) is 0 Å². The Kier molecular flexibility index (Phi) is 3.26. The van der Waals surface area contributed by atoms with Crippen LogP contribution in [0.3, 0.4) is 0 Å². The molecule has 1 fully saturated rings. The number of pyridine rings is 1. The van der Waals surface area contributed by atoms with Gasteiger partial charge in [-0.3, -0.25) is 4.98 Å². The molecule has 3 rings (SSSR count). The van der Waals surface area contributed by atoms with Gasteiger partial charge < -0.3 is 4.90 Å². The number of hydrogen-bond acceptors (Lipinski definition) is 2. The van der Waals surface area contributed by atoms with E-state index < -0.39 is 0 Å². The van der Waals surface area contributed by atoms with Gasteiger partial charge in [0.15, 0.2) is 0 Å². The van der Waals surface area contributed by atoms with Gasteiger partial charge in [-0.2, -0.15) is 0 Å². The molecule has 2 heteroatoms. The predicted octanol–water partition coefficient (Wildman–Crippen LogP) is 3.47. The van der Waals surface area contributed by atoms with Gasteiger partial charge in [0.2, 0.25) is 0 Å². The first kappa shape index (κ1) is 11.3. The molecule has 0 aliphatic carbocycles. The second-order valence-electron chi connectivity index (χ2n) is 4.91. The van der Waals surface area contributed by atoms with Crippen molar-refractivity contribution in [1.29, 1.82) is 0 Å². The molecule has 1 unspecified atom stereocenters. The number of hydrogen-bond donors (Lipinski definition) is 0. The number of anilines is 1. The average molecular weight is 238 g/mol. The molecule has 1 aliphatic heterocycles. The van der Waals surface area contributed by atoms with Gasteiger partial charge in [0, 0.05) is 25.2 Å². The second kappa shape index (κ2) is 5.21. The van der Waals surface area contributed by atoms with Gasteiger partial charge in [0.25, 0.3) is 0 Å². The van der Waals surface area contributed by atoms with Gasteiger partial charge in [-0.1, -0.05) is 30.3 Å². The minimum Gasteiger partial charge on any atom is -0.370 e. The summed E-state index contributed by atoms with van der Waals surface area (Å²) in [5.41, 5.74) is 2.71. The molecule has 1 saturated heterocycles. The van der Waals surface area contributed by atoms with E-state index in [9.17, 15) is 0 Å². The van der Waals surface area contributed by atoms with Crippen LogP contribution in [0.5, 0.6) is 0 Å². The standard InChI is InChI=1S/C16H18N2/c1-2-6-14(7-3-1)15-8-5-11-18(13-15)16-9-4-10-17-12-16/h1-4,6-7,9-10,12,15H,5,8,11,13H2. The van der Waals surface area contributed by atoms with Gasteiger partial charge in [-0.15, -0.1) is 0 Å². The molecule has 1 aliphatic rings. The summed E-state index contributed by atoms with van der Waals surface area (Å²) in [7, 11) is 0. The third-order valence-electron chi connectivity index (χ3n) is 3.70. The Morgan fingerprint density at radius 3 is 2.72 bits per heavy atom. The number of nitrogens with zero attached hydrogens (tertiary/aromatic N) is 2. The Labute approximate surface area is 108 Å². The van der Waals surface area contributed by atoms with Crippen LogP contribution in [0.1, 0.15) is 24.3 Å². The van der Waals surface area contributed by atoms with E-state index in [1.807, 2.05) is 18.5 Å². The van der Waals surface area contributed by atoms with E-state index in [-0.39, 0.29) is 0 Å². The Morgan fingerprint density at radius 2 is 1.94 bits per heavy atom. The van der Waals surface area contributed by atoms with Crippen LogP contribution >= 0.6 is 0 Å². The van der Waals surface area contributed by atoms with Crippen molar-refractivity contribution in [2.24, 2.45) is 0 Å². The fraction of sp³-hybridized carbons (Fsp3) is 0.312. The number of rotatable bonds is 2. The zero-order valence-electron chi connectivity index (χ0n) is 10.5. The fourth-order valence-corrected chi connectivity index (χ4v) is 2.75. The summed E-state index contributed by atoms with van der Waals surface area (Å²) >= 11 is 0. The van der Waals surface area contributed by atoms with Crippen molar-refractivity contribution >= 4 is 5.69 Å². The molecule has 0 radical (unpaired) electrons. The third kappa shape index (κ3) is 2.37. The van der Waals surface area contributed by atoms with E-state index in [0.29, 0.717) is 5.92 Å². The Balaban J connectivity index is 1.77. The minimum atomic E-state index is 0.653. The molecule has 0 N–H and O–H groups in total. The van der Waals surface area contributed by atoms with Crippen LogP contribution in [-0.2, 0) is 0 Å². The Hall–Kier alpha value is -1.83. The van der Waals surface area contributed by atoms with E-state index in [1.165, 1.54) is 24.1 Å². The van der Waals surface area contributed by atoms with Crippen molar-refractivity contribution in [3.63, 3.8) is 0 Å². The van der Waals surface area contributed by atoms with Crippen molar-refractivity contribution in [2.75, 3.05) is 18.0 Å². The average Bonchev–Trinajstić information content (AvgIpc) is 2.49. The molecule has 2 heterocycles. The SMILES string of the molecule is c1ccc(C2CCCN(c3cccnc3)C2)cc1. The molecule has 0 bridgehead atoms. The van der Waals surface area contributed by atoms with Crippen molar-refractivity contribution in [3.8, 4) is 0 Å². The maximum Gasteiger partial charge on any atom is 0.0552 e. The molecule has 1 aromatic heterocycles. The van der Waals surface area contributed by atoms with E-state index in [0.717, 1.165) is 13.1 Å². The summed E-state index contributed by atoms with van der Waals surface area (Å²) in [6, 6.07) is 15.0. The molecule has 0 spiro atoms. The van der Waals surface area contributed by atoms with Crippen molar-refractivity contribution in [3.05, 3.63) is 60.4 Å². The lowest BCUT2D eigenvalue weighted by atomic mass is 9.90. The quantitative estimate of drug-likeness (QED) is 0.796. The predicted molar refractivity (Wildman–Crippen MR) is 74.9 cm³/mol. The number of benzene rings is 1. The van der Waals surface area contributed by atoms with Crippen LogP contribution in [-0.4, -0.2) is 18.1 Å². The third-order valence-corrected chi connectivity index (χ3v) is 3.70. The molecule has 1 atom stereocenters. The molecule has 0 amide bonds. The number of aromatic nitrogens is 1. The van der Waals surface area contributed by atoms with Crippen molar-refractivity contribution in [2.45, 2.75) is 18.8 Å². The van der Waals surface area contributed by atoms with Crippen LogP contribution < -0.4 is 4.90 Å². The van der Waals surface area contributed by atoms with E-state index in [4.69, 9.17) is 0 Å². The van der Waals surface area contributed by atoms with Crippen LogP contribution in [0.2, 0.25) is 0 Å². The molecule has 0 saturated carbocycles. The molecule has 92 valence electrons. The Morgan fingerprint density at radius 1 is 1.06 bits per heavy atom. The lowest BCUT2D eigenvalue weighted by molar-refractivity contribution is 0.510. The molecule has 1 aromatic carbocycles. The normalized spacial score (nSPS) is 19.8.